The number of carboxylic acid groups (broad SMARTS) is 1. The molecule has 0 spiro atoms. The first-order valence-corrected chi connectivity index (χ1v) is 7.38. The van der Waals surface area contributed by atoms with Crippen LogP contribution >= 0.6 is 0 Å². The van der Waals surface area contributed by atoms with Crippen LogP contribution < -0.4 is 10.6 Å². The van der Waals surface area contributed by atoms with Crippen molar-refractivity contribution in [3.8, 4) is 0 Å². The highest BCUT2D eigenvalue weighted by Gasteiger charge is 2.26. The van der Waals surface area contributed by atoms with Gasteiger partial charge in [0, 0.05) is 12.5 Å². The molecule has 0 bridgehead atoms. The van der Waals surface area contributed by atoms with Crippen LogP contribution in [0.1, 0.15) is 64.7 Å². The lowest BCUT2D eigenvalue weighted by Crippen LogP contribution is -2.30. The maximum Gasteiger partial charge on any atom is 0.315 e. The van der Waals surface area contributed by atoms with Crippen molar-refractivity contribution in [2.24, 2.45) is 0 Å². The number of urea groups is 1. The molecule has 1 saturated heterocycles. The Bertz CT molecular complexity index is 294. The molecule has 1 rings (SSSR count). The first-order chi connectivity index (χ1) is 9.09. The van der Waals surface area contributed by atoms with Crippen molar-refractivity contribution in [2.75, 3.05) is 0 Å². The van der Waals surface area contributed by atoms with Crippen molar-refractivity contribution in [1.82, 2.24) is 10.6 Å². The highest BCUT2D eigenvalue weighted by Crippen LogP contribution is 2.13. The fourth-order valence-corrected chi connectivity index (χ4v) is 2.49. The Balaban J connectivity index is 1.86. The van der Waals surface area contributed by atoms with Gasteiger partial charge in [-0.25, -0.2) is 4.79 Å². The van der Waals surface area contributed by atoms with Crippen LogP contribution in [0.15, 0.2) is 0 Å². The van der Waals surface area contributed by atoms with E-state index in [1.54, 1.807) is 0 Å². The summed E-state index contributed by atoms with van der Waals surface area (Å²) in [6.07, 6.45) is 9.01. The van der Waals surface area contributed by atoms with E-state index < -0.39 is 5.97 Å². The van der Waals surface area contributed by atoms with Gasteiger partial charge in [-0.3, -0.25) is 4.79 Å². The summed E-state index contributed by atoms with van der Waals surface area (Å²) in [6, 6.07) is 0.475. The van der Waals surface area contributed by atoms with E-state index in [1.165, 1.54) is 19.3 Å². The molecule has 0 saturated carbocycles. The maximum absolute atomic E-state index is 11.1. The molecule has 0 aromatic heterocycles. The second-order valence-electron chi connectivity index (χ2n) is 5.42. The summed E-state index contributed by atoms with van der Waals surface area (Å²) >= 11 is 0. The highest BCUT2D eigenvalue weighted by molar-refractivity contribution is 5.77. The second kappa shape index (κ2) is 8.77. The molecule has 0 aromatic rings. The Kier molecular flexibility index (Phi) is 7.30. The topological polar surface area (TPSA) is 78.4 Å². The first-order valence-electron chi connectivity index (χ1n) is 7.38. The van der Waals surface area contributed by atoms with Gasteiger partial charge >= 0.3 is 12.0 Å². The standard InChI is InChI=1S/C14H26N2O3/c1-11-12(16-14(19)15-11)9-7-5-3-2-4-6-8-10-13(17)18/h11-12H,2-10H2,1H3,(H,17,18)(H2,15,16,19). The number of nitrogens with one attached hydrogen (secondary N) is 2. The zero-order chi connectivity index (χ0) is 14.1. The fourth-order valence-electron chi connectivity index (χ4n) is 2.49. The average molecular weight is 270 g/mol. The summed E-state index contributed by atoms with van der Waals surface area (Å²) in [7, 11) is 0. The Morgan fingerprint density at radius 3 is 2.16 bits per heavy atom. The van der Waals surface area contributed by atoms with Crippen LogP contribution in [0.2, 0.25) is 0 Å². The van der Waals surface area contributed by atoms with Crippen LogP contribution in [-0.2, 0) is 4.79 Å². The van der Waals surface area contributed by atoms with Crippen molar-refractivity contribution in [3.63, 3.8) is 0 Å². The van der Waals surface area contributed by atoms with Gasteiger partial charge in [-0.15, -0.1) is 0 Å². The molecule has 1 aliphatic rings. The van der Waals surface area contributed by atoms with Gasteiger partial charge in [-0.1, -0.05) is 38.5 Å². The van der Waals surface area contributed by atoms with Crippen molar-refractivity contribution in [2.45, 2.75) is 76.8 Å². The molecule has 110 valence electrons. The van der Waals surface area contributed by atoms with Crippen LogP contribution in [0.3, 0.4) is 0 Å². The second-order valence-corrected chi connectivity index (χ2v) is 5.42. The third kappa shape index (κ3) is 7.03. The Hall–Kier alpha value is -1.26. The molecular weight excluding hydrogens is 244 g/mol. The minimum atomic E-state index is -0.693. The highest BCUT2D eigenvalue weighted by atomic mass is 16.4. The number of unbranched alkanes of at least 4 members (excludes halogenated alkanes) is 6. The lowest BCUT2D eigenvalue weighted by Gasteiger charge is -2.13. The van der Waals surface area contributed by atoms with Gasteiger partial charge in [0.15, 0.2) is 0 Å². The van der Waals surface area contributed by atoms with Crippen molar-refractivity contribution in [1.29, 1.82) is 0 Å². The number of amides is 2. The van der Waals surface area contributed by atoms with Gasteiger partial charge in [-0.2, -0.15) is 0 Å². The molecule has 3 N–H and O–H groups in total. The van der Waals surface area contributed by atoms with Gasteiger partial charge in [0.05, 0.1) is 6.04 Å². The Morgan fingerprint density at radius 1 is 1.05 bits per heavy atom. The number of hydrogen-bond donors (Lipinski definition) is 3. The van der Waals surface area contributed by atoms with Gasteiger partial charge in [0.1, 0.15) is 0 Å². The Labute approximate surface area is 115 Å². The summed E-state index contributed by atoms with van der Waals surface area (Å²) in [5.74, 6) is -0.693. The monoisotopic (exact) mass is 270 g/mol. The molecule has 5 heteroatoms. The third-order valence-electron chi connectivity index (χ3n) is 3.68. The molecular formula is C14H26N2O3. The minimum Gasteiger partial charge on any atom is -0.481 e. The summed E-state index contributed by atoms with van der Waals surface area (Å²) in [5, 5.41) is 14.3. The molecule has 0 radical (unpaired) electrons. The molecule has 19 heavy (non-hydrogen) atoms. The van der Waals surface area contributed by atoms with E-state index in [1.807, 2.05) is 6.92 Å². The van der Waals surface area contributed by atoms with Crippen molar-refractivity contribution < 1.29 is 14.7 Å². The van der Waals surface area contributed by atoms with E-state index in [-0.39, 0.29) is 18.1 Å². The maximum atomic E-state index is 11.1. The summed E-state index contributed by atoms with van der Waals surface area (Å²) < 4.78 is 0. The predicted molar refractivity (Wildman–Crippen MR) is 74.1 cm³/mol. The molecule has 0 aliphatic carbocycles. The SMILES string of the molecule is CC1NC(=O)NC1CCCCCCCCCC(=O)O. The number of carbonyl (C=O) groups is 2. The summed E-state index contributed by atoms with van der Waals surface area (Å²) in [4.78, 5) is 21.4. The van der Waals surface area contributed by atoms with E-state index in [9.17, 15) is 9.59 Å². The normalized spacial score (nSPS) is 22.1. The van der Waals surface area contributed by atoms with Crippen molar-refractivity contribution >= 4 is 12.0 Å². The minimum absolute atomic E-state index is 0.0454. The fraction of sp³-hybridized carbons (Fsp3) is 0.857. The molecule has 2 amide bonds. The molecule has 1 heterocycles. The van der Waals surface area contributed by atoms with Crippen LogP contribution in [0.4, 0.5) is 4.79 Å². The van der Waals surface area contributed by atoms with Crippen LogP contribution in [-0.4, -0.2) is 29.2 Å². The summed E-state index contributed by atoms with van der Waals surface area (Å²) in [6.45, 7) is 2.03. The molecule has 5 nitrogen and oxygen atoms in total. The van der Waals surface area contributed by atoms with Gasteiger partial charge < -0.3 is 15.7 Å². The average Bonchev–Trinajstić information content (AvgIpc) is 2.65. The Morgan fingerprint density at radius 2 is 1.63 bits per heavy atom. The number of hydrogen-bond acceptors (Lipinski definition) is 2. The van der Waals surface area contributed by atoms with Crippen LogP contribution in [0, 0.1) is 0 Å². The van der Waals surface area contributed by atoms with E-state index in [4.69, 9.17) is 5.11 Å². The van der Waals surface area contributed by atoms with E-state index in [2.05, 4.69) is 10.6 Å². The van der Waals surface area contributed by atoms with Crippen molar-refractivity contribution in [3.05, 3.63) is 0 Å². The zero-order valence-electron chi connectivity index (χ0n) is 11.8. The quantitative estimate of drug-likeness (QED) is 0.534. The number of rotatable bonds is 10. The number of aliphatic carboxylic acids is 1. The van der Waals surface area contributed by atoms with Gasteiger partial charge in [-0.05, 0) is 19.8 Å². The van der Waals surface area contributed by atoms with Crippen LogP contribution in [0.5, 0.6) is 0 Å². The molecule has 1 fully saturated rings. The summed E-state index contributed by atoms with van der Waals surface area (Å²) in [5.41, 5.74) is 0. The van der Waals surface area contributed by atoms with E-state index in [0.717, 1.165) is 32.1 Å². The van der Waals surface area contributed by atoms with Gasteiger partial charge in [0.25, 0.3) is 0 Å². The van der Waals surface area contributed by atoms with E-state index in [0.29, 0.717) is 6.42 Å². The lowest BCUT2D eigenvalue weighted by molar-refractivity contribution is -0.137. The smallest absolute Gasteiger partial charge is 0.315 e. The first kappa shape index (κ1) is 15.8. The lowest BCUT2D eigenvalue weighted by atomic mass is 10.0. The molecule has 0 aromatic carbocycles. The van der Waals surface area contributed by atoms with E-state index >= 15 is 0 Å². The zero-order valence-corrected chi connectivity index (χ0v) is 11.8. The largest absolute Gasteiger partial charge is 0.481 e. The molecule has 2 atom stereocenters. The molecule has 1 aliphatic heterocycles. The number of carboxylic acids is 1. The molecule has 2 unspecified atom stereocenters. The third-order valence-corrected chi connectivity index (χ3v) is 3.68. The predicted octanol–water partition coefficient (Wildman–Crippen LogP) is 2.65. The van der Waals surface area contributed by atoms with Crippen LogP contribution in [0.25, 0.3) is 0 Å². The van der Waals surface area contributed by atoms with Gasteiger partial charge in [0.2, 0.25) is 0 Å². The number of carbonyl (C=O) groups excluding carboxylic acids is 1.